The second-order valence-corrected chi connectivity index (χ2v) is 5.63. The Balaban J connectivity index is 2.02. The Hall–Kier alpha value is -2.17. The second-order valence-electron chi connectivity index (χ2n) is 5.63. The molecule has 2 aromatic rings. The summed E-state index contributed by atoms with van der Waals surface area (Å²) < 4.78 is 14.9. The van der Waals surface area contributed by atoms with E-state index < -0.39 is 0 Å². The van der Waals surface area contributed by atoms with Crippen molar-refractivity contribution in [2.24, 2.45) is 0 Å². The normalized spacial score (nSPS) is 13.7. The van der Waals surface area contributed by atoms with Gasteiger partial charge >= 0.3 is 0 Å². The van der Waals surface area contributed by atoms with E-state index in [1.807, 2.05) is 6.92 Å². The van der Waals surface area contributed by atoms with E-state index in [-0.39, 0.29) is 11.7 Å². The molecule has 1 aliphatic carbocycles. The van der Waals surface area contributed by atoms with Crippen molar-refractivity contribution in [1.29, 1.82) is 0 Å². The van der Waals surface area contributed by atoms with E-state index >= 15 is 0 Å². The lowest BCUT2D eigenvalue weighted by Crippen LogP contribution is -2.25. The predicted molar refractivity (Wildman–Crippen MR) is 82.8 cm³/mol. The van der Waals surface area contributed by atoms with Gasteiger partial charge in [0.25, 0.3) is 5.91 Å². The van der Waals surface area contributed by atoms with Crippen molar-refractivity contribution >= 4 is 5.91 Å². The van der Waals surface area contributed by atoms with Crippen molar-refractivity contribution in [3.8, 4) is 5.69 Å². The smallest absolute Gasteiger partial charge is 0.272 e. The minimum atomic E-state index is -0.273. The van der Waals surface area contributed by atoms with Gasteiger partial charge in [0, 0.05) is 17.8 Å². The molecule has 0 atom stereocenters. The lowest BCUT2D eigenvalue weighted by Gasteiger charge is -2.14. The first-order valence-corrected chi connectivity index (χ1v) is 7.85. The van der Waals surface area contributed by atoms with Gasteiger partial charge in [-0.2, -0.15) is 5.10 Å². The zero-order valence-electron chi connectivity index (χ0n) is 12.7. The summed E-state index contributed by atoms with van der Waals surface area (Å²) in [6.45, 7) is 2.67. The number of aromatic nitrogens is 2. The summed E-state index contributed by atoms with van der Waals surface area (Å²) in [5.41, 5.74) is 3.45. The SMILES string of the molecule is CCCNC(=O)c1nn(-c2ccc(F)cc2)c2c1CCCC2. The first-order valence-electron chi connectivity index (χ1n) is 7.85. The number of nitrogens with zero attached hydrogens (tertiary/aromatic N) is 2. The largest absolute Gasteiger partial charge is 0.351 e. The summed E-state index contributed by atoms with van der Waals surface area (Å²) in [4.78, 5) is 12.3. The summed E-state index contributed by atoms with van der Waals surface area (Å²) >= 11 is 0. The minimum absolute atomic E-state index is 0.110. The molecule has 0 radical (unpaired) electrons. The molecule has 0 saturated carbocycles. The number of carbonyl (C=O) groups excluding carboxylic acids is 1. The van der Waals surface area contributed by atoms with Crippen LogP contribution in [0, 0.1) is 5.82 Å². The lowest BCUT2D eigenvalue weighted by molar-refractivity contribution is 0.0947. The number of nitrogens with one attached hydrogen (secondary N) is 1. The standard InChI is InChI=1S/C17H20FN3O/c1-2-11-19-17(22)16-14-5-3-4-6-15(14)21(20-16)13-9-7-12(18)8-10-13/h7-10H,2-6,11H2,1H3,(H,19,22). The molecule has 1 amide bonds. The Morgan fingerprint density at radius 1 is 1.27 bits per heavy atom. The van der Waals surface area contributed by atoms with Crippen LogP contribution >= 0.6 is 0 Å². The average Bonchev–Trinajstić information content (AvgIpc) is 2.93. The first-order chi connectivity index (χ1) is 10.7. The number of hydrogen-bond donors (Lipinski definition) is 1. The molecule has 1 N–H and O–H groups in total. The Kier molecular flexibility index (Phi) is 4.22. The molecule has 116 valence electrons. The number of halogens is 1. The van der Waals surface area contributed by atoms with Crippen LogP contribution in [0.3, 0.4) is 0 Å². The highest BCUT2D eigenvalue weighted by atomic mass is 19.1. The molecule has 4 nitrogen and oxygen atoms in total. The van der Waals surface area contributed by atoms with Crippen molar-refractivity contribution < 1.29 is 9.18 Å². The fourth-order valence-electron chi connectivity index (χ4n) is 2.90. The molecule has 1 aliphatic rings. The van der Waals surface area contributed by atoms with E-state index in [1.54, 1.807) is 16.8 Å². The molecule has 1 aromatic carbocycles. The average molecular weight is 301 g/mol. The van der Waals surface area contributed by atoms with Crippen molar-refractivity contribution in [3.05, 3.63) is 47.0 Å². The van der Waals surface area contributed by atoms with E-state index in [2.05, 4.69) is 10.4 Å². The number of benzene rings is 1. The summed E-state index contributed by atoms with van der Waals surface area (Å²) in [5, 5.41) is 7.42. The molecule has 0 unspecified atom stereocenters. The third kappa shape index (κ3) is 2.75. The molecule has 0 bridgehead atoms. The molecule has 0 saturated heterocycles. The zero-order chi connectivity index (χ0) is 15.5. The van der Waals surface area contributed by atoms with Gasteiger partial charge in [-0.1, -0.05) is 6.92 Å². The summed E-state index contributed by atoms with van der Waals surface area (Å²) in [6.07, 6.45) is 4.85. The highest BCUT2D eigenvalue weighted by Crippen LogP contribution is 2.27. The van der Waals surface area contributed by atoms with Crippen LogP contribution in [0.25, 0.3) is 5.69 Å². The fraction of sp³-hybridized carbons (Fsp3) is 0.412. The Bertz CT molecular complexity index is 676. The molecule has 5 heteroatoms. The van der Waals surface area contributed by atoms with E-state index in [4.69, 9.17) is 0 Å². The molecular formula is C17H20FN3O. The van der Waals surface area contributed by atoms with Crippen LogP contribution < -0.4 is 5.32 Å². The van der Waals surface area contributed by atoms with Gasteiger partial charge in [-0.25, -0.2) is 9.07 Å². The zero-order valence-corrected chi connectivity index (χ0v) is 12.7. The molecular weight excluding hydrogens is 281 g/mol. The lowest BCUT2D eigenvalue weighted by atomic mass is 9.95. The van der Waals surface area contributed by atoms with E-state index in [9.17, 15) is 9.18 Å². The van der Waals surface area contributed by atoms with Gasteiger partial charge in [0.15, 0.2) is 5.69 Å². The monoisotopic (exact) mass is 301 g/mol. The fourth-order valence-corrected chi connectivity index (χ4v) is 2.90. The van der Waals surface area contributed by atoms with Gasteiger partial charge in [0.2, 0.25) is 0 Å². The molecule has 0 aliphatic heterocycles. The summed E-state index contributed by atoms with van der Waals surface area (Å²) in [6, 6.07) is 6.24. The van der Waals surface area contributed by atoms with E-state index in [0.717, 1.165) is 49.0 Å². The summed E-state index contributed by atoms with van der Waals surface area (Å²) in [5.74, 6) is -0.383. The molecule has 1 aromatic heterocycles. The van der Waals surface area contributed by atoms with Crippen LogP contribution in [-0.4, -0.2) is 22.2 Å². The molecule has 0 fully saturated rings. The number of hydrogen-bond acceptors (Lipinski definition) is 2. The quantitative estimate of drug-likeness (QED) is 0.943. The molecule has 1 heterocycles. The van der Waals surface area contributed by atoms with Gasteiger partial charge in [-0.05, 0) is 56.4 Å². The molecule has 22 heavy (non-hydrogen) atoms. The van der Waals surface area contributed by atoms with Crippen molar-refractivity contribution in [2.45, 2.75) is 39.0 Å². The number of fused-ring (bicyclic) bond motifs is 1. The maximum absolute atomic E-state index is 13.1. The van der Waals surface area contributed by atoms with Gasteiger partial charge < -0.3 is 5.32 Å². The van der Waals surface area contributed by atoms with Crippen LogP contribution in [0.15, 0.2) is 24.3 Å². The second kappa shape index (κ2) is 6.30. The van der Waals surface area contributed by atoms with Gasteiger partial charge in [0.05, 0.1) is 5.69 Å². The van der Waals surface area contributed by atoms with Crippen LogP contribution in [0.4, 0.5) is 4.39 Å². The molecule has 3 rings (SSSR count). The van der Waals surface area contributed by atoms with E-state index in [1.165, 1.54) is 12.1 Å². The highest BCUT2D eigenvalue weighted by molar-refractivity contribution is 5.94. The Labute approximate surface area is 129 Å². The number of amides is 1. The van der Waals surface area contributed by atoms with Gasteiger partial charge in [-0.15, -0.1) is 0 Å². The number of rotatable bonds is 4. The first kappa shape index (κ1) is 14.8. The van der Waals surface area contributed by atoms with Crippen LogP contribution in [0.5, 0.6) is 0 Å². The third-order valence-corrected chi connectivity index (χ3v) is 4.00. The maximum atomic E-state index is 13.1. The topological polar surface area (TPSA) is 46.9 Å². The van der Waals surface area contributed by atoms with Gasteiger partial charge in [-0.3, -0.25) is 4.79 Å². The van der Waals surface area contributed by atoms with Gasteiger partial charge in [0.1, 0.15) is 5.82 Å². The maximum Gasteiger partial charge on any atom is 0.272 e. The molecule has 0 spiro atoms. The highest BCUT2D eigenvalue weighted by Gasteiger charge is 2.25. The third-order valence-electron chi connectivity index (χ3n) is 4.00. The van der Waals surface area contributed by atoms with Crippen LogP contribution in [0.2, 0.25) is 0 Å². The Morgan fingerprint density at radius 3 is 2.73 bits per heavy atom. The van der Waals surface area contributed by atoms with Crippen molar-refractivity contribution in [1.82, 2.24) is 15.1 Å². The summed E-state index contributed by atoms with van der Waals surface area (Å²) in [7, 11) is 0. The number of carbonyl (C=O) groups is 1. The van der Waals surface area contributed by atoms with Crippen molar-refractivity contribution in [3.63, 3.8) is 0 Å². The minimum Gasteiger partial charge on any atom is -0.351 e. The van der Waals surface area contributed by atoms with E-state index in [0.29, 0.717) is 12.2 Å². The predicted octanol–water partition coefficient (Wildman–Crippen LogP) is 3.03. The van der Waals surface area contributed by atoms with Crippen molar-refractivity contribution in [2.75, 3.05) is 6.54 Å². The Morgan fingerprint density at radius 2 is 2.00 bits per heavy atom. The van der Waals surface area contributed by atoms with Crippen LogP contribution in [0.1, 0.15) is 47.9 Å². The van der Waals surface area contributed by atoms with Crippen LogP contribution in [-0.2, 0) is 12.8 Å².